The van der Waals surface area contributed by atoms with E-state index in [1.54, 1.807) is 6.07 Å². The van der Waals surface area contributed by atoms with Crippen molar-refractivity contribution in [3.05, 3.63) is 22.7 Å². The van der Waals surface area contributed by atoms with Crippen LogP contribution in [-0.4, -0.2) is 33.3 Å². The molecule has 1 aliphatic rings. The summed E-state index contributed by atoms with van der Waals surface area (Å²) in [4.78, 5) is 0.192. The average Bonchev–Trinajstić information content (AvgIpc) is 2.47. The zero-order valence-corrected chi connectivity index (χ0v) is 14.3. The summed E-state index contributed by atoms with van der Waals surface area (Å²) in [5, 5.41) is 9.38. The molecule has 1 saturated carbocycles. The molecule has 0 heterocycles. The third-order valence-electron chi connectivity index (χ3n) is 3.88. The van der Waals surface area contributed by atoms with Gasteiger partial charge in [-0.1, -0.05) is 12.8 Å². The molecular weight excluding hydrogens is 358 g/mol. The second-order valence-corrected chi connectivity index (χ2v) is 7.82. The van der Waals surface area contributed by atoms with Gasteiger partial charge in [-0.2, -0.15) is 0 Å². The van der Waals surface area contributed by atoms with Crippen molar-refractivity contribution in [3.8, 4) is 5.75 Å². The highest BCUT2D eigenvalue weighted by Crippen LogP contribution is 2.29. The van der Waals surface area contributed by atoms with E-state index in [1.807, 2.05) is 0 Å². The fourth-order valence-electron chi connectivity index (χ4n) is 2.66. The van der Waals surface area contributed by atoms with Gasteiger partial charge in [0.2, 0.25) is 10.0 Å². The Balaban J connectivity index is 2.19. The molecule has 0 bridgehead atoms. The van der Waals surface area contributed by atoms with E-state index in [0.29, 0.717) is 10.2 Å². The number of benzene rings is 1. The third kappa shape index (κ3) is 3.97. The van der Waals surface area contributed by atoms with Gasteiger partial charge in [0.05, 0.1) is 16.5 Å². The standard InChI is InChI=1S/C14H20BrNO4S/c1-20-14-7-6-11(8-12(14)15)21(18,19)16-13-5-3-2-4-10(13)9-17/h6-8,10,13,16-17H,2-5,9H2,1H3. The molecular formula is C14H20BrNO4S. The number of halogens is 1. The Bertz CT molecular complexity index is 591. The molecule has 0 aliphatic heterocycles. The van der Waals surface area contributed by atoms with Crippen LogP contribution in [0, 0.1) is 5.92 Å². The van der Waals surface area contributed by atoms with Gasteiger partial charge >= 0.3 is 0 Å². The Morgan fingerprint density at radius 2 is 2.10 bits per heavy atom. The normalized spacial score (nSPS) is 23.0. The predicted molar refractivity (Wildman–Crippen MR) is 83.8 cm³/mol. The smallest absolute Gasteiger partial charge is 0.240 e. The summed E-state index contributed by atoms with van der Waals surface area (Å²) in [5.74, 6) is 0.579. The van der Waals surface area contributed by atoms with Crippen molar-refractivity contribution in [2.45, 2.75) is 36.6 Å². The topological polar surface area (TPSA) is 75.6 Å². The van der Waals surface area contributed by atoms with Crippen molar-refractivity contribution in [1.82, 2.24) is 4.72 Å². The van der Waals surface area contributed by atoms with Crippen LogP contribution in [0.15, 0.2) is 27.6 Å². The van der Waals surface area contributed by atoms with Crippen molar-refractivity contribution >= 4 is 26.0 Å². The van der Waals surface area contributed by atoms with E-state index in [0.717, 1.165) is 25.7 Å². The Hall–Kier alpha value is -0.630. The lowest BCUT2D eigenvalue weighted by Gasteiger charge is -2.30. The fourth-order valence-corrected chi connectivity index (χ4v) is 4.72. The zero-order valence-electron chi connectivity index (χ0n) is 11.9. The van der Waals surface area contributed by atoms with Crippen LogP contribution < -0.4 is 9.46 Å². The van der Waals surface area contributed by atoms with Gasteiger partial charge in [0, 0.05) is 12.6 Å². The number of hydrogen-bond acceptors (Lipinski definition) is 4. The van der Waals surface area contributed by atoms with Gasteiger partial charge in [-0.3, -0.25) is 0 Å². The molecule has 2 rings (SSSR count). The number of ether oxygens (including phenoxy) is 1. The molecule has 0 amide bonds. The summed E-state index contributed by atoms with van der Waals surface area (Å²) in [6.45, 7) is 0.0134. The molecule has 2 unspecified atom stereocenters. The molecule has 2 N–H and O–H groups in total. The van der Waals surface area contributed by atoms with Gasteiger partial charge in [-0.05, 0) is 52.9 Å². The van der Waals surface area contributed by atoms with Crippen molar-refractivity contribution in [2.75, 3.05) is 13.7 Å². The molecule has 1 fully saturated rings. The molecule has 21 heavy (non-hydrogen) atoms. The Morgan fingerprint density at radius 3 is 2.71 bits per heavy atom. The van der Waals surface area contributed by atoms with Gasteiger partial charge < -0.3 is 9.84 Å². The van der Waals surface area contributed by atoms with Crippen LogP contribution in [0.2, 0.25) is 0 Å². The molecule has 7 heteroatoms. The van der Waals surface area contributed by atoms with E-state index < -0.39 is 10.0 Å². The molecule has 0 radical (unpaired) electrons. The summed E-state index contributed by atoms with van der Waals surface area (Å²) < 4.78 is 33.3. The number of aliphatic hydroxyl groups is 1. The maximum Gasteiger partial charge on any atom is 0.240 e. The van der Waals surface area contributed by atoms with Crippen molar-refractivity contribution < 1.29 is 18.3 Å². The van der Waals surface area contributed by atoms with Crippen LogP contribution in [0.1, 0.15) is 25.7 Å². The maximum atomic E-state index is 12.5. The summed E-state index contributed by atoms with van der Waals surface area (Å²) >= 11 is 3.29. The van der Waals surface area contributed by atoms with E-state index in [1.165, 1.54) is 19.2 Å². The van der Waals surface area contributed by atoms with Crippen LogP contribution in [0.4, 0.5) is 0 Å². The lowest BCUT2D eigenvalue weighted by atomic mass is 9.86. The van der Waals surface area contributed by atoms with Crippen molar-refractivity contribution in [1.29, 1.82) is 0 Å². The molecule has 5 nitrogen and oxygen atoms in total. The summed E-state index contributed by atoms with van der Waals surface area (Å²) in [6.07, 6.45) is 3.64. The first kappa shape index (κ1) is 16.7. The molecule has 2 atom stereocenters. The van der Waals surface area contributed by atoms with E-state index in [2.05, 4.69) is 20.7 Å². The Labute approximate surface area is 133 Å². The van der Waals surface area contributed by atoms with E-state index in [4.69, 9.17) is 4.74 Å². The summed E-state index contributed by atoms with van der Waals surface area (Å²) in [7, 11) is -2.07. The average molecular weight is 378 g/mol. The summed E-state index contributed by atoms with van der Waals surface area (Å²) in [6, 6.07) is 4.46. The lowest BCUT2D eigenvalue weighted by Crippen LogP contribution is -2.43. The molecule has 118 valence electrons. The van der Waals surface area contributed by atoms with E-state index in [9.17, 15) is 13.5 Å². The zero-order chi connectivity index (χ0) is 15.5. The largest absolute Gasteiger partial charge is 0.496 e. The van der Waals surface area contributed by atoms with Crippen LogP contribution >= 0.6 is 15.9 Å². The van der Waals surface area contributed by atoms with Gasteiger partial charge in [0.1, 0.15) is 5.75 Å². The van der Waals surface area contributed by atoms with Crippen LogP contribution in [0.25, 0.3) is 0 Å². The molecule has 1 aromatic carbocycles. The molecule has 1 aromatic rings. The second-order valence-electron chi connectivity index (χ2n) is 5.25. The van der Waals surface area contributed by atoms with Gasteiger partial charge in [0.15, 0.2) is 0 Å². The highest BCUT2D eigenvalue weighted by molar-refractivity contribution is 9.10. The van der Waals surface area contributed by atoms with Gasteiger partial charge in [0.25, 0.3) is 0 Å². The molecule has 0 saturated heterocycles. The SMILES string of the molecule is COc1ccc(S(=O)(=O)NC2CCCCC2CO)cc1Br. The first-order valence-electron chi connectivity index (χ1n) is 6.94. The van der Waals surface area contributed by atoms with Gasteiger partial charge in [-0.25, -0.2) is 13.1 Å². The molecule has 0 spiro atoms. The highest BCUT2D eigenvalue weighted by atomic mass is 79.9. The number of nitrogens with one attached hydrogen (secondary N) is 1. The van der Waals surface area contributed by atoms with Crippen molar-refractivity contribution in [3.63, 3.8) is 0 Å². The first-order valence-corrected chi connectivity index (χ1v) is 9.22. The highest BCUT2D eigenvalue weighted by Gasteiger charge is 2.29. The number of hydrogen-bond donors (Lipinski definition) is 2. The minimum absolute atomic E-state index is 0.00443. The minimum atomic E-state index is -3.60. The third-order valence-corrected chi connectivity index (χ3v) is 5.99. The minimum Gasteiger partial charge on any atom is -0.496 e. The number of aliphatic hydroxyl groups excluding tert-OH is 1. The van der Waals surface area contributed by atoms with E-state index in [-0.39, 0.29) is 23.5 Å². The molecule has 0 aromatic heterocycles. The van der Waals surface area contributed by atoms with Gasteiger partial charge in [-0.15, -0.1) is 0 Å². The van der Waals surface area contributed by atoms with Crippen LogP contribution in [0.3, 0.4) is 0 Å². The Morgan fingerprint density at radius 1 is 1.38 bits per heavy atom. The quantitative estimate of drug-likeness (QED) is 0.825. The number of rotatable bonds is 5. The maximum absolute atomic E-state index is 12.5. The predicted octanol–water partition coefficient (Wildman–Crippen LogP) is 2.29. The Kier molecular flexibility index (Phi) is 5.65. The molecule has 1 aliphatic carbocycles. The van der Waals surface area contributed by atoms with Crippen molar-refractivity contribution in [2.24, 2.45) is 5.92 Å². The van der Waals surface area contributed by atoms with Crippen LogP contribution in [0.5, 0.6) is 5.75 Å². The van der Waals surface area contributed by atoms with Crippen LogP contribution in [-0.2, 0) is 10.0 Å². The monoisotopic (exact) mass is 377 g/mol. The number of sulfonamides is 1. The van der Waals surface area contributed by atoms with E-state index >= 15 is 0 Å². The lowest BCUT2D eigenvalue weighted by molar-refractivity contribution is 0.164. The second kappa shape index (κ2) is 7.09. The fraction of sp³-hybridized carbons (Fsp3) is 0.571. The summed E-state index contributed by atoms with van der Waals surface area (Å²) in [5.41, 5.74) is 0. The number of methoxy groups -OCH3 is 1. The first-order chi connectivity index (χ1) is 9.97.